The smallest absolute Gasteiger partial charge is 0.217 e. The fourth-order valence-electron chi connectivity index (χ4n) is 3.45. The van der Waals surface area contributed by atoms with Crippen molar-refractivity contribution in [1.82, 2.24) is 19.7 Å². The van der Waals surface area contributed by atoms with Gasteiger partial charge in [0.15, 0.2) is 5.16 Å². The number of nitrogens with two attached hydrogens (primary N) is 1. The number of para-hydroxylation sites is 1. The van der Waals surface area contributed by atoms with Gasteiger partial charge in [-0.1, -0.05) is 36.0 Å². The first-order valence-corrected chi connectivity index (χ1v) is 10.5. The molecule has 1 amide bonds. The van der Waals surface area contributed by atoms with Gasteiger partial charge >= 0.3 is 0 Å². The highest BCUT2D eigenvalue weighted by Crippen LogP contribution is 2.27. The first-order chi connectivity index (χ1) is 13.7. The fraction of sp³-hybridized carbons (Fsp3) is 0.400. The van der Waals surface area contributed by atoms with Gasteiger partial charge in [-0.05, 0) is 24.5 Å². The third-order valence-corrected chi connectivity index (χ3v) is 5.89. The van der Waals surface area contributed by atoms with E-state index in [0.29, 0.717) is 13.0 Å². The van der Waals surface area contributed by atoms with Gasteiger partial charge in [0, 0.05) is 36.8 Å². The third kappa shape index (κ3) is 4.34. The van der Waals surface area contributed by atoms with Crippen LogP contribution in [0, 0.1) is 0 Å². The lowest BCUT2D eigenvalue weighted by molar-refractivity contribution is -0.118. The summed E-state index contributed by atoms with van der Waals surface area (Å²) < 4.78 is 7.88. The molecule has 1 aliphatic heterocycles. The Bertz CT molecular complexity index is 963. The van der Waals surface area contributed by atoms with Gasteiger partial charge < -0.3 is 15.0 Å². The Morgan fingerprint density at radius 2 is 2.18 bits per heavy atom. The van der Waals surface area contributed by atoms with E-state index in [9.17, 15) is 4.79 Å². The number of benzene rings is 1. The topological polar surface area (TPSA) is 95.9 Å². The van der Waals surface area contributed by atoms with Crippen LogP contribution in [0.2, 0.25) is 0 Å². The number of nitrogens with zero attached hydrogens (tertiary/aromatic N) is 4. The van der Waals surface area contributed by atoms with E-state index in [4.69, 9.17) is 10.5 Å². The number of pyridine rings is 1. The van der Waals surface area contributed by atoms with Crippen molar-refractivity contribution in [3.8, 4) is 0 Å². The molecule has 4 rings (SSSR count). The first-order valence-electron chi connectivity index (χ1n) is 9.48. The van der Waals surface area contributed by atoms with E-state index in [0.717, 1.165) is 52.6 Å². The van der Waals surface area contributed by atoms with Crippen molar-refractivity contribution in [1.29, 1.82) is 0 Å². The molecule has 1 aliphatic rings. The predicted octanol–water partition coefficient (Wildman–Crippen LogP) is 2.72. The van der Waals surface area contributed by atoms with Crippen LogP contribution in [0.15, 0.2) is 41.7 Å². The lowest BCUT2D eigenvalue weighted by Gasteiger charge is -2.14. The largest absolute Gasteiger partial charge is 0.376 e. The molecular formula is C20H23N5O2S. The number of primary amides is 1. The van der Waals surface area contributed by atoms with E-state index in [1.807, 2.05) is 12.3 Å². The number of carbonyl (C=O) groups is 1. The summed E-state index contributed by atoms with van der Waals surface area (Å²) in [4.78, 5) is 15.7. The Labute approximate surface area is 167 Å². The average molecular weight is 398 g/mol. The van der Waals surface area contributed by atoms with Crippen molar-refractivity contribution in [2.45, 2.75) is 49.2 Å². The second-order valence-corrected chi connectivity index (χ2v) is 7.83. The zero-order valence-electron chi connectivity index (χ0n) is 15.6. The molecule has 3 heterocycles. The zero-order chi connectivity index (χ0) is 19.3. The minimum atomic E-state index is -0.331. The van der Waals surface area contributed by atoms with Crippen LogP contribution in [0.4, 0.5) is 0 Å². The van der Waals surface area contributed by atoms with Crippen LogP contribution in [-0.2, 0) is 28.2 Å². The monoisotopic (exact) mass is 397 g/mol. The molecule has 28 heavy (non-hydrogen) atoms. The maximum Gasteiger partial charge on any atom is 0.217 e. The zero-order valence-corrected chi connectivity index (χ0v) is 16.4. The summed E-state index contributed by atoms with van der Waals surface area (Å²) in [7, 11) is 0. The molecule has 146 valence electrons. The van der Waals surface area contributed by atoms with Gasteiger partial charge in [-0.25, -0.2) is 0 Å². The number of aryl methyl sites for hydroxylation is 1. The molecule has 0 aliphatic carbocycles. The van der Waals surface area contributed by atoms with Gasteiger partial charge in [0.05, 0.1) is 18.2 Å². The number of amides is 1. The maximum atomic E-state index is 11.2. The van der Waals surface area contributed by atoms with Crippen molar-refractivity contribution in [2.75, 3.05) is 6.61 Å². The summed E-state index contributed by atoms with van der Waals surface area (Å²) in [6, 6.07) is 10.2. The molecule has 0 saturated carbocycles. The molecule has 0 radical (unpaired) electrons. The highest BCUT2D eigenvalue weighted by atomic mass is 32.2. The van der Waals surface area contributed by atoms with Crippen molar-refractivity contribution in [2.24, 2.45) is 5.73 Å². The normalized spacial score (nSPS) is 16.6. The Morgan fingerprint density at radius 1 is 1.29 bits per heavy atom. The molecule has 0 bridgehead atoms. The molecule has 0 spiro atoms. The van der Waals surface area contributed by atoms with Crippen LogP contribution in [-0.4, -0.2) is 38.4 Å². The summed E-state index contributed by atoms with van der Waals surface area (Å²) in [5.41, 5.74) is 7.49. The van der Waals surface area contributed by atoms with Crippen LogP contribution in [0.3, 0.4) is 0 Å². The number of fused-ring (bicyclic) bond motifs is 1. The molecule has 7 nitrogen and oxygen atoms in total. The Hall–Kier alpha value is -2.45. The van der Waals surface area contributed by atoms with Gasteiger partial charge in [0.2, 0.25) is 5.91 Å². The lowest BCUT2D eigenvalue weighted by atomic mass is 10.1. The SMILES string of the molecule is NC(=O)CCc1nnc(SCc2cccc3cccnc23)n1CC1CCCO1. The van der Waals surface area contributed by atoms with Gasteiger partial charge in [0.1, 0.15) is 5.82 Å². The van der Waals surface area contributed by atoms with E-state index in [2.05, 4.69) is 44.0 Å². The van der Waals surface area contributed by atoms with Gasteiger partial charge in [0.25, 0.3) is 0 Å². The second kappa shape index (κ2) is 8.70. The second-order valence-electron chi connectivity index (χ2n) is 6.89. The Morgan fingerprint density at radius 3 is 3.00 bits per heavy atom. The molecule has 1 aromatic carbocycles. The maximum absolute atomic E-state index is 11.2. The van der Waals surface area contributed by atoms with E-state index in [1.165, 1.54) is 0 Å². The van der Waals surface area contributed by atoms with Gasteiger partial charge in [-0.3, -0.25) is 9.78 Å². The highest BCUT2D eigenvalue weighted by molar-refractivity contribution is 7.98. The van der Waals surface area contributed by atoms with Crippen molar-refractivity contribution in [3.05, 3.63) is 47.9 Å². The molecule has 1 atom stereocenters. The van der Waals surface area contributed by atoms with Crippen LogP contribution in [0.25, 0.3) is 10.9 Å². The summed E-state index contributed by atoms with van der Waals surface area (Å²) in [6.45, 7) is 1.50. The van der Waals surface area contributed by atoms with Gasteiger partial charge in [-0.15, -0.1) is 10.2 Å². The Balaban J connectivity index is 1.54. The van der Waals surface area contributed by atoms with Crippen molar-refractivity contribution < 1.29 is 9.53 Å². The number of hydrogen-bond acceptors (Lipinski definition) is 6. The molecule has 1 fully saturated rings. The Kier molecular flexibility index (Phi) is 5.87. The molecule has 2 aromatic heterocycles. The van der Waals surface area contributed by atoms with Crippen molar-refractivity contribution >= 4 is 28.6 Å². The quantitative estimate of drug-likeness (QED) is 0.587. The van der Waals surface area contributed by atoms with E-state index in [-0.39, 0.29) is 18.4 Å². The summed E-state index contributed by atoms with van der Waals surface area (Å²) >= 11 is 1.63. The summed E-state index contributed by atoms with van der Waals surface area (Å²) in [5, 5.41) is 10.7. The van der Waals surface area contributed by atoms with E-state index in [1.54, 1.807) is 11.8 Å². The van der Waals surface area contributed by atoms with Crippen LogP contribution < -0.4 is 5.73 Å². The highest BCUT2D eigenvalue weighted by Gasteiger charge is 2.21. The number of ether oxygens (including phenoxy) is 1. The van der Waals surface area contributed by atoms with Crippen molar-refractivity contribution in [3.63, 3.8) is 0 Å². The number of rotatable bonds is 8. The van der Waals surface area contributed by atoms with E-state index >= 15 is 0 Å². The van der Waals surface area contributed by atoms with Crippen LogP contribution in [0.1, 0.15) is 30.7 Å². The average Bonchev–Trinajstić information content (AvgIpc) is 3.35. The number of carbonyl (C=O) groups excluding carboxylic acids is 1. The minimum absolute atomic E-state index is 0.168. The third-order valence-electron chi connectivity index (χ3n) is 4.87. The minimum Gasteiger partial charge on any atom is -0.376 e. The lowest BCUT2D eigenvalue weighted by Crippen LogP contribution is -2.19. The number of aromatic nitrogens is 4. The molecule has 1 saturated heterocycles. The molecule has 1 unspecified atom stereocenters. The molecule has 3 aromatic rings. The predicted molar refractivity (Wildman–Crippen MR) is 108 cm³/mol. The molecule has 2 N–H and O–H groups in total. The first kappa shape index (κ1) is 18.9. The van der Waals surface area contributed by atoms with E-state index < -0.39 is 0 Å². The number of thioether (sulfide) groups is 1. The molecular weight excluding hydrogens is 374 g/mol. The standard InChI is InChI=1S/C20H23N5O2S/c21-17(26)8-9-18-23-24-20(25(18)12-16-7-3-11-27-16)28-13-15-5-1-4-14-6-2-10-22-19(14)15/h1-2,4-6,10,16H,3,7-9,11-13H2,(H2,21,26). The fourth-order valence-corrected chi connectivity index (χ4v) is 4.40. The summed E-state index contributed by atoms with van der Waals surface area (Å²) in [6.07, 6.45) is 4.85. The number of hydrogen-bond donors (Lipinski definition) is 1. The molecule has 8 heteroatoms. The van der Waals surface area contributed by atoms with Crippen LogP contribution >= 0.6 is 11.8 Å². The summed E-state index contributed by atoms with van der Waals surface area (Å²) in [5.74, 6) is 1.20. The van der Waals surface area contributed by atoms with Gasteiger partial charge in [-0.2, -0.15) is 0 Å². The van der Waals surface area contributed by atoms with Crippen LogP contribution in [0.5, 0.6) is 0 Å².